The summed E-state index contributed by atoms with van der Waals surface area (Å²) < 4.78 is 1.77. The van der Waals surface area contributed by atoms with Gasteiger partial charge < -0.3 is 10.6 Å². The van der Waals surface area contributed by atoms with Crippen molar-refractivity contribution in [1.82, 2.24) is 9.78 Å². The van der Waals surface area contributed by atoms with E-state index in [0.29, 0.717) is 23.5 Å². The van der Waals surface area contributed by atoms with Gasteiger partial charge in [-0.15, -0.1) is 11.8 Å². The van der Waals surface area contributed by atoms with Gasteiger partial charge in [0.1, 0.15) is 0 Å². The van der Waals surface area contributed by atoms with Crippen molar-refractivity contribution >= 4 is 35.0 Å². The Morgan fingerprint density at radius 1 is 1.26 bits per heavy atom. The molecule has 1 atom stereocenters. The van der Waals surface area contributed by atoms with Crippen molar-refractivity contribution in [3.05, 3.63) is 72.1 Å². The molecular formula is C20H18N4O2S. The maximum absolute atomic E-state index is 12.5. The molecule has 0 spiro atoms. The molecule has 0 fully saturated rings. The highest BCUT2D eigenvalue weighted by molar-refractivity contribution is 8.00. The van der Waals surface area contributed by atoms with Gasteiger partial charge in [-0.2, -0.15) is 5.10 Å². The molecule has 2 amide bonds. The lowest BCUT2D eigenvalue weighted by atomic mass is 10.1. The molecule has 1 aliphatic rings. The van der Waals surface area contributed by atoms with Crippen molar-refractivity contribution in [1.29, 1.82) is 0 Å². The Bertz CT molecular complexity index is 1000. The third-order valence-electron chi connectivity index (χ3n) is 4.25. The van der Waals surface area contributed by atoms with E-state index < -0.39 is 0 Å². The number of anilines is 2. The SMILES string of the molecule is CC1Sc2ccc(C(=O)Nc3cnn(Cc4ccccc4)c3)cc2NC1=O. The Morgan fingerprint density at radius 3 is 2.89 bits per heavy atom. The average Bonchev–Trinajstić information content (AvgIpc) is 3.10. The molecular weight excluding hydrogens is 360 g/mol. The third kappa shape index (κ3) is 3.88. The van der Waals surface area contributed by atoms with Crippen LogP contribution in [0.15, 0.2) is 65.8 Å². The predicted molar refractivity (Wildman–Crippen MR) is 106 cm³/mol. The monoisotopic (exact) mass is 378 g/mol. The van der Waals surface area contributed by atoms with Gasteiger partial charge in [0.15, 0.2) is 0 Å². The molecule has 27 heavy (non-hydrogen) atoms. The van der Waals surface area contributed by atoms with E-state index >= 15 is 0 Å². The van der Waals surface area contributed by atoms with Crippen LogP contribution in [0.2, 0.25) is 0 Å². The minimum Gasteiger partial charge on any atom is -0.324 e. The third-order valence-corrected chi connectivity index (χ3v) is 5.43. The fraction of sp³-hybridized carbons (Fsp3) is 0.150. The minimum atomic E-state index is -0.241. The van der Waals surface area contributed by atoms with Crippen molar-refractivity contribution in [2.45, 2.75) is 23.6 Å². The lowest BCUT2D eigenvalue weighted by molar-refractivity contribution is -0.115. The Hall–Kier alpha value is -3.06. The van der Waals surface area contributed by atoms with E-state index in [-0.39, 0.29) is 17.1 Å². The number of nitrogens with zero attached hydrogens (tertiary/aromatic N) is 2. The average molecular weight is 378 g/mol. The van der Waals surface area contributed by atoms with Gasteiger partial charge in [-0.25, -0.2) is 0 Å². The van der Waals surface area contributed by atoms with Crippen LogP contribution >= 0.6 is 11.8 Å². The molecule has 3 aromatic rings. The number of benzene rings is 2. The molecule has 1 aromatic heterocycles. The van der Waals surface area contributed by atoms with Crippen LogP contribution in [-0.2, 0) is 11.3 Å². The molecule has 2 heterocycles. The molecule has 0 bridgehead atoms. The quantitative estimate of drug-likeness (QED) is 0.727. The zero-order valence-electron chi connectivity index (χ0n) is 14.7. The molecule has 6 nitrogen and oxygen atoms in total. The van der Waals surface area contributed by atoms with Crippen LogP contribution in [0.25, 0.3) is 0 Å². The number of hydrogen-bond acceptors (Lipinski definition) is 4. The number of carbonyl (C=O) groups is 2. The highest BCUT2D eigenvalue weighted by Gasteiger charge is 2.23. The predicted octanol–water partition coefficient (Wildman–Crippen LogP) is 3.62. The zero-order chi connectivity index (χ0) is 18.8. The fourth-order valence-electron chi connectivity index (χ4n) is 2.84. The van der Waals surface area contributed by atoms with Gasteiger partial charge in [-0.1, -0.05) is 30.3 Å². The topological polar surface area (TPSA) is 76.0 Å². The number of fused-ring (bicyclic) bond motifs is 1. The first-order valence-electron chi connectivity index (χ1n) is 8.58. The maximum atomic E-state index is 12.5. The number of thioether (sulfide) groups is 1. The Labute approximate surface area is 161 Å². The summed E-state index contributed by atoms with van der Waals surface area (Å²) in [6.07, 6.45) is 3.42. The van der Waals surface area contributed by atoms with E-state index in [0.717, 1.165) is 10.5 Å². The van der Waals surface area contributed by atoms with Gasteiger partial charge in [-0.05, 0) is 30.7 Å². The number of rotatable bonds is 4. The second-order valence-electron chi connectivity index (χ2n) is 6.33. The first-order chi connectivity index (χ1) is 13.1. The largest absolute Gasteiger partial charge is 0.324 e. The summed E-state index contributed by atoms with van der Waals surface area (Å²) >= 11 is 1.49. The molecule has 1 aliphatic heterocycles. The van der Waals surface area contributed by atoms with Gasteiger partial charge >= 0.3 is 0 Å². The van der Waals surface area contributed by atoms with Crippen molar-refractivity contribution in [3.63, 3.8) is 0 Å². The molecule has 2 aromatic carbocycles. The summed E-state index contributed by atoms with van der Waals surface area (Å²) in [6, 6.07) is 15.3. The molecule has 1 unspecified atom stereocenters. The number of nitrogens with one attached hydrogen (secondary N) is 2. The molecule has 2 N–H and O–H groups in total. The smallest absolute Gasteiger partial charge is 0.255 e. The van der Waals surface area contributed by atoms with E-state index in [4.69, 9.17) is 0 Å². The Kier molecular flexibility index (Phi) is 4.68. The van der Waals surface area contributed by atoms with Crippen LogP contribution in [0.1, 0.15) is 22.8 Å². The standard InChI is InChI=1S/C20H18N4O2S/c1-13-19(25)23-17-9-15(7-8-18(17)27-13)20(26)22-16-10-21-24(12-16)11-14-5-3-2-4-6-14/h2-10,12-13H,11H2,1H3,(H,22,26)(H,23,25). The van der Waals surface area contributed by atoms with Gasteiger partial charge in [0.2, 0.25) is 5.91 Å². The second kappa shape index (κ2) is 7.28. The van der Waals surface area contributed by atoms with Crippen molar-refractivity contribution in [2.24, 2.45) is 0 Å². The second-order valence-corrected chi connectivity index (χ2v) is 7.71. The molecule has 0 aliphatic carbocycles. The van der Waals surface area contributed by atoms with Crippen LogP contribution in [0.4, 0.5) is 11.4 Å². The molecule has 0 radical (unpaired) electrons. The summed E-state index contributed by atoms with van der Waals surface area (Å²) in [6.45, 7) is 2.49. The van der Waals surface area contributed by atoms with E-state index in [1.165, 1.54) is 11.8 Å². The Morgan fingerprint density at radius 2 is 2.07 bits per heavy atom. The Balaban J connectivity index is 1.45. The highest BCUT2D eigenvalue weighted by Crippen LogP contribution is 2.36. The minimum absolute atomic E-state index is 0.0488. The highest BCUT2D eigenvalue weighted by atomic mass is 32.2. The lowest BCUT2D eigenvalue weighted by Crippen LogP contribution is -2.26. The zero-order valence-corrected chi connectivity index (χ0v) is 15.5. The van der Waals surface area contributed by atoms with Gasteiger partial charge in [-0.3, -0.25) is 14.3 Å². The first-order valence-corrected chi connectivity index (χ1v) is 9.46. The molecule has 4 rings (SSSR count). The van der Waals surface area contributed by atoms with E-state index in [1.807, 2.05) is 43.3 Å². The van der Waals surface area contributed by atoms with E-state index in [2.05, 4.69) is 15.7 Å². The summed E-state index contributed by atoms with van der Waals surface area (Å²) in [5, 5.41) is 9.85. The van der Waals surface area contributed by atoms with E-state index in [9.17, 15) is 9.59 Å². The van der Waals surface area contributed by atoms with Crippen LogP contribution in [-0.4, -0.2) is 26.8 Å². The van der Waals surface area contributed by atoms with Crippen LogP contribution in [0.5, 0.6) is 0 Å². The van der Waals surface area contributed by atoms with Crippen molar-refractivity contribution in [2.75, 3.05) is 10.6 Å². The normalized spacial score (nSPS) is 15.7. The molecule has 0 saturated carbocycles. The molecule has 136 valence electrons. The van der Waals surface area contributed by atoms with Crippen LogP contribution in [0.3, 0.4) is 0 Å². The summed E-state index contributed by atoms with van der Waals surface area (Å²) in [5.74, 6) is -0.290. The number of hydrogen-bond donors (Lipinski definition) is 2. The molecule has 0 saturated heterocycles. The lowest BCUT2D eigenvalue weighted by Gasteiger charge is -2.21. The first kappa shape index (κ1) is 17.4. The fourth-order valence-corrected chi connectivity index (χ4v) is 3.77. The summed E-state index contributed by atoms with van der Waals surface area (Å²) in [5.41, 5.74) is 2.92. The van der Waals surface area contributed by atoms with Crippen molar-refractivity contribution in [3.8, 4) is 0 Å². The number of aromatic nitrogens is 2. The van der Waals surface area contributed by atoms with Crippen LogP contribution in [0, 0.1) is 0 Å². The van der Waals surface area contributed by atoms with E-state index in [1.54, 1.807) is 29.2 Å². The number of carbonyl (C=O) groups excluding carboxylic acids is 2. The summed E-state index contributed by atoms with van der Waals surface area (Å²) in [7, 11) is 0. The molecule has 7 heteroatoms. The number of amides is 2. The maximum Gasteiger partial charge on any atom is 0.255 e. The van der Waals surface area contributed by atoms with Gasteiger partial charge in [0, 0.05) is 16.7 Å². The van der Waals surface area contributed by atoms with Gasteiger partial charge in [0.25, 0.3) is 5.91 Å². The summed E-state index contributed by atoms with van der Waals surface area (Å²) in [4.78, 5) is 25.4. The van der Waals surface area contributed by atoms with Gasteiger partial charge in [0.05, 0.1) is 29.4 Å². The van der Waals surface area contributed by atoms with Crippen molar-refractivity contribution < 1.29 is 9.59 Å². The van der Waals surface area contributed by atoms with Crippen LogP contribution < -0.4 is 10.6 Å².